The molecule has 0 spiro atoms. The average Bonchev–Trinajstić information content (AvgIpc) is 3.51. The van der Waals surface area contributed by atoms with Crippen LogP contribution < -0.4 is 0 Å². The van der Waals surface area contributed by atoms with Gasteiger partial charge in [0.25, 0.3) is 0 Å². The topological polar surface area (TPSA) is 72.8 Å². The fourth-order valence-electron chi connectivity index (χ4n) is 12.7. The molecule has 0 saturated carbocycles. The fourth-order valence-corrected chi connectivity index (χ4v) is 12.7. The van der Waals surface area contributed by atoms with Gasteiger partial charge in [-0.05, 0) is 38.5 Å². The first kappa shape index (κ1) is 82.6. The summed E-state index contributed by atoms with van der Waals surface area (Å²) in [6.07, 6.45) is 98.8. The van der Waals surface area contributed by atoms with Crippen LogP contribution in [0, 0.1) is 0 Å². The maximum atomic E-state index is 12.4. The Morgan fingerprint density at radius 2 is 0.440 bits per heavy atom. The number of hydrogen-bond donors (Lipinski definition) is 1. The Kier molecular flexibility index (Phi) is 74.7. The number of esters is 2. The minimum atomic E-state index is -0.768. The zero-order valence-corrected chi connectivity index (χ0v) is 57.7. The van der Waals surface area contributed by atoms with E-state index in [9.17, 15) is 14.7 Å². The SMILES string of the molecule is CCCCCCCCCC/C=C\CCCCCCCCCCCCCCCCCCCCCC(=O)OC(CO)COC(=O)CCCCCCCCCCCCCCCCCCCCCCCCCCCCCCCCCCCCCCCCC. The van der Waals surface area contributed by atoms with Gasteiger partial charge < -0.3 is 14.6 Å². The zero-order valence-electron chi connectivity index (χ0n) is 57.7. The third kappa shape index (κ3) is 73.1. The maximum absolute atomic E-state index is 12.4. The van der Waals surface area contributed by atoms with Crippen LogP contribution in [0.5, 0.6) is 0 Å². The summed E-state index contributed by atoms with van der Waals surface area (Å²) in [5, 5.41) is 9.72. The third-order valence-corrected chi connectivity index (χ3v) is 18.6. The highest BCUT2D eigenvalue weighted by Crippen LogP contribution is 2.20. The number of ether oxygens (including phenoxy) is 2. The number of aliphatic hydroxyl groups excluding tert-OH is 1. The predicted octanol–water partition coefficient (Wildman–Crippen LogP) is 27.3. The summed E-state index contributed by atoms with van der Waals surface area (Å²) in [6.45, 7) is 4.22. The Bertz CT molecular complexity index is 1250. The molecule has 1 unspecified atom stereocenters. The van der Waals surface area contributed by atoms with E-state index >= 15 is 0 Å². The second-order valence-electron chi connectivity index (χ2n) is 27.2. The van der Waals surface area contributed by atoms with Gasteiger partial charge >= 0.3 is 11.9 Å². The number of carbonyl (C=O) groups excluding carboxylic acids is 2. The van der Waals surface area contributed by atoms with Crippen LogP contribution in [-0.2, 0) is 19.1 Å². The molecule has 500 valence electrons. The van der Waals surface area contributed by atoms with E-state index in [0.29, 0.717) is 12.8 Å². The summed E-state index contributed by atoms with van der Waals surface area (Å²) in [5.74, 6) is -0.559. The number of rotatable bonds is 75. The van der Waals surface area contributed by atoms with E-state index in [0.717, 1.165) is 32.1 Å². The van der Waals surface area contributed by atoms with E-state index in [1.54, 1.807) is 0 Å². The van der Waals surface area contributed by atoms with Crippen molar-refractivity contribution in [1.82, 2.24) is 0 Å². The van der Waals surface area contributed by atoms with Crippen molar-refractivity contribution < 1.29 is 24.2 Å². The molecule has 0 aromatic rings. The van der Waals surface area contributed by atoms with Crippen molar-refractivity contribution >= 4 is 11.9 Å². The molecule has 0 aromatic carbocycles. The highest BCUT2D eigenvalue weighted by atomic mass is 16.6. The molecule has 5 nitrogen and oxygen atoms in total. The molecule has 1 N–H and O–H groups in total. The largest absolute Gasteiger partial charge is 0.462 e. The van der Waals surface area contributed by atoms with Crippen LogP contribution in [0.3, 0.4) is 0 Å². The van der Waals surface area contributed by atoms with Gasteiger partial charge in [-0.15, -0.1) is 0 Å². The summed E-state index contributed by atoms with van der Waals surface area (Å²) < 4.78 is 10.8. The van der Waals surface area contributed by atoms with Gasteiger partial charge in [0.1, 0.15) is 6.61 Å². The van der Waals surface area contributed by atoms with E-state index in [-0.39, 0.29) is 25.2 Å². The molecule has 84 heavy (non-hydrogen) atoms. The van der Waals surface area contributed by atoms with Crippen LogP contribution in [0.4, 0.5) is 0 Å². The third-order valence-electron chi connectivity index (χ3n) is 18.6. The zero-order chi connectivity index (χ0) is 60.5. The first-order chi connectivity index (χ1) is 41.6. The Labute approximate surface area is 528 Å². The quantitative estimate of drug-likeness (QED) is 0.0373. The first-order valence-corrected chi connectivity index (χ1v) is 39.2. The number of unbranched alkanes of at least 4 members (excludes halogenated alkanes) is 65. The van der Waals surface area contributed by atoms with Gasteiger partial charge in [0.2, 0.25) is 0 Å². The summed E-state index contributed by atoms with van der Waals surface area (Å²) in [6, 6.07) is 0. The van der Waals surface area contributed by atoms with Crippen molar-refractivity contribution in [3.05, 3.63) is 12.2 Å². The predicted molar refractivity (Wildman–Crippen MR) is 372 cm³/mol. The van der Waals surface area contributed by atoms with Crippen LogP contribution in [-0.4, -0.2) is 36.4 Å². The molecular weight excluding hydrogens is 1030 g/mol. The van der Waals surface area contributed by atoms with E-state index in [1.165, 1.54) is 405 Å². The summed E-state index contributed by atoms with van der Waals surface area (Å²) >= 11 is 0. The Morgan fingerprint density at radius 1 is 0.262 bits per heavy atom. The molecule has 0 amide bonds. The van der Waals surface area contributed by atoms with Crippen molar-refractivity contribution in [1.29, 1.82) is 0 Å². The van der Waals surface area contributed by atoms with Crippen LogP contribution in [0.15, 0.2) is 12.2 Å². The van der Waals surface area contributed by atoms with Crippen molar-refractivity contribution in [3.63, 3.8) is 0 Å². The smallest absolute Gasteiger partial charge is 0.306 e. The lowest BCUT2D eigenvalue weighted by Crippen LogP contribution is -2.28. The van der Waals surface area contributed by atoms with Crippen LogP contribution in [0.1, 0.15) is 463 Å². The first-order valence-electron chi connectivity index (χ1n) is 39.2. The highest BCUT2D eigenvalue weighted by Gasteiger charge is 2.16. The molecular formula is C79H154O5. The second-order valence-corrected chi connectivity index (χ2v) is 27.2. The van der Waals surface area contributed by atoms with Gasteiger partial charge in [-0.25, -0.2) is 0 Å². The van der Waals surface area contributed by atoms with Gasteiger partial charge in [0.15, 0.2) is 6.10 Å². The molecule has 0 radical (unpaired) electrons. The summed E-state index contributed by atoms with van der Waals surface area (Å²) in [7, 11) is 0. The molecule has 0 fully saturated rings. The normalized spacial score (nSPS) is 12.1. The Hall–Kier alpha value is -1.36. The van der Waals surface area contributed by atoms with Gasteiger partial charge in [0, 0.05) is 12.8 Å². The van der Waals surface area contributed by atoms with Gasteiger partial charge in [-0.2, -0.15) is 0 Å². The van der Waals surface area contributed by atoms with E-state index in [4.69, 9.17) is 9.47 Å². The van der Waals surface area contributed by atoms with Gasteiger partial charge in [-0.3, -0.25) is 9.59 Å². The minimum Gasteiger partial charge on any atom is -0.462 e. The lowest BCUT2D eigenvalue weighted by molar-refractivity contribution is -0.161. The van der Waals surface area contributed by atoms with Crippen molar-refractivity contribution in [3.8, 4) is 0 Å². The molecule has 0 aromatic heterocycles. The van der Waals surface area contributed by atoms with Gasteiger partial charge in [-0.1, -0.05) is 424 Å². The van der Waals surface area contributed by atoms with Crippen molar-refractivity contribution in [2.75, 3.05) is 13.2 Å². The van der Waals surface area contributed by atoms with Crippen molar-refractivity contribution in [2.45, 2.75) is 469 Å². The van der Waals surface area contributed by atoms with Crippen molar-refractivity contribution in [2.24, 2.45) is 0 Å². The number of hydrogen-bond acceptors (Lipinski definition) is 5. The molecule has 0 heterocycles. The minimum absolute atomic E-state index is 0.0565. The van der Waals surface area contributed by atoms with E-state index < -0.39 is 6.10 Å². The average molecular weight is 1180 g/mol. The fraction of sp³-hybridized carbons (Fsp3) is 0.949. The molecule has 0 saturated heterocycles. The molecule has 0 aliphatic carbocycles. The van der Waals surface area contributed by atoms with E-state index in [2.05, 4.69) is 26.0 Å². The number of carbonyl (C=O) groups is 2. The van der Waals surface area contributed by atoms with Gasteiger partial charge in [0.05, 0.1) is 6.61 Å². The monoisotopic (exact) mass is 1180 g/mol. The Balaban J connectivity index is 3.34. The maximum Gasteiger partial charge on any atom is 0.306 e. The number of allylic oxidation sites excluding steroid dienone is 2. The highest BCUT2D eigenvalue weighted by molar-refractivity contribution is 5.70. The molecule has 0 bridgehead atoms. The van der Waals surface area contributed by atoms with Crippen LogP contribution in [0.25, 0.3) is 0 Å². The standard InChI is InChI=1S/C79H154O5/c1-3-5-7-9-11-13-15-17-19-21-23-25-27-29-31-33-35-36-37-38-39-40-41-42-44-45-47-49-51-53-55-57-59-61-63-65-67-69-71-73-78(81)83-76-77(75-80)84-79(82)74-72-70-68-66-64-62-60-58-56-54-52-50-48-46-43-34-32-30-28-26-24-22-20-18-16-14-12-10-8-6-4-2/h22,24,77,80H,3-21,23,25-76H2,1-2H3/b24-22-. The lowest BCUT2D eigenvalue weighted by atomic mass is 10.0. The van der Waals surface area contributed by atoms with E-state index in [1.807, 2.05) is 0 Å². The van der Waals surface area contributed by atoms with Crippen LogP contribution in [0.2, 0.25) is 0 Å². The molecule has 1 atom stereocenters. The summed E-state index contributed by atoms with van der Waals surface area (Å²) in [5.41, 5.74) is 0. The van der Waals surface area contributed by atoms with Crippen LogP contribution >= 0.6 is 0 Å². The molecule has 0 rings (SSSR count). The lowest BCUT2D eigenvalue weighted by Gasteiger charge is -2.15. The molecule has 0 aliphatic heterocycles. The second kappa shape index (κ2) is 75.9. The Morgan fingerprint density at radius 3 is 0.643 bits per heavy atom. The molecule has 0 aliphatic rings. The molecule has 5 heteroatoms. The summed E-state index contributed by atoms with van der Waals surface area (Å²) in [4.78, 5) is 24.7. The number of aliphatic hydroxyl groups is 1.